The van der Waals surface area contributed by atoms with Crippen molar-refractivity contribution in [3.63, 3.8) is 0 Å². The zero-order valence-corrected chi connectivity index (χ0v) is 7.29. The molecule has 12 heavy (non-hydrogen) atoms. The molecule has 1 heterocycles. The lowest BCUT2D eigenvalue weighted by atomic mass is 9.93. The van der Waals surface area contributed by atoms with Gasteiger partial charge in [-0.1, -0.05) is 6.07 Å². The van der Waals surface area contributed by atoms with Crippen LogP contribution < -0.4 is 0 Å². The Morgan fingerprint density at radius 3 is 3.33 bits per heavy atom. The largest absolute Gasteiger partial charge is 0.377 e. The molecular weight excluding hydrogens is 150 g/mol. The number of ether oxygens (including phenoxy) is 1. The fourth-order valence-corrected chi connectivity index (χ4v) is 1.81. The van der Waals surface area contributed by atoms with E-state index in [9.17, 15) is 0 Å². The summed E-state index contributed by atoms with van der Waals surface area (Å²) in [6.45, 7) is 0. The minimum Gasteiger partial charge on any atom is -0.377 e. The normalized spacial score (nSPS) is 21.9. The van der Waals surface area contributed by atoms with Crippen molar-refractivity contribution in [2.24, 2.45) is 0 Å². The number of hydrogen-bond donors (Lipinski definition) is 0. The van der Waals surface area contributed by atoms with Crippen molar-refractivity contribution >= 4 is 0 Å². The van der Waals surface area contributed by atoms with Gasteiger partial charge in [0.15, 0.2) is 0 Å². The van der Waals surface area contributed by atoms with Gasteiger partial charge in [0.1, 0.15) is 0 Å². The summed E-state index contributed by atoms with van der Waals surface area (Å²) in [6.07, 6.45) is 5.58. The fraction of sp³-hybridized carbons (Fsp3) is 0.500. The summed E-state index contributed by atoms with van der Waals surface area (Å²) < 4.78 is 5.38. The number of fused-ring (bicyclic) bond motifs is 1. The Morgan fingerprint density at radius 1 is 1.58 bits per heavy atom. The van der Waals surface area contributed by atoms with Gasteiger partial charge in [0.2, 0.25) is 0 Å². The summed E-state index contributed by atoms with van der Waals surface area (Å²) in [5.74, 6) is 0. The van der Waals surface area contributed by atoms with Gasteiger partial charge in [-0.05, 0) is 25.3 Å². The summed E-state index contributed by atoms with van der Waals surface area (Å²) in [5, 5.41) is 0. The van der Waals surface area contributed by atoms with Crippen LogP contribution in [0.2, 0.25) is 0 Å². The van der Waals surface area contributed by atoms with Crippen LogP contribution in [-0.2, 0) is 11.2 Å². The molecular formula is C10H13NO. The van der Waals surface area contributed by atoms with Gasteiger partial charge < -0.3 is 4.74 Å². The molecule has 64 valence electrons. The Morgan fingerprint density at radius 2 is 2.50 bits per heavy atom. The van der Waals surface area contributed by atoms with Crippen molar-refractivity contribution in [3.05, 3.63) is 29.6 Å². The SMILES string of the molecule is COC1CCCc2ncccc21. The van der Waals surface area contributed by atoms with Crippen molar-refractivity contribution in [2.45, 2.75) is 25.4 Å². The molecule has 0 bridgehead atoms. The topological polar surface area (TPSA) is 22.1 Å². The van der Waals surface area contributed by atoms with E-state index in [0.717, 1.165) is 12.8 Å². The predicted octanol–water partition coefficient (Wildman–Crippen LogP) is 2.11. The van der Waals surface area contributed by atoms with Crippen molar-refractivity contribution in [3.8, 4) is 0 Å². The monoisotopic (exact) mass is 163 g/mol. The van der Waals surface area contributed by atoms with Gasteiger partial charge in [-0.15, -0.1) is 0 Å². The molecule has 0 aliphatic heterocycles. The molecule has 1 atom stereocenters. The van der Waals surface area contributed by atoms with Crippen LogP contribution in [0.5, 0.6) is 0 Å². The third-order valence-corrected chi connectivity index (χ3v) is 2.44. The molecule has 2 heteroatoms. The van der Waals surface area contributed by atoms with Crippen molar-refractivity contribution in [2.75, 3.05) is 7.11 Å². The van der Waals surface area contributed by atoms with E-state index < -0.39 is 0 Å². The number of aromatic nitrogens is 1. The Bertz CT molecular complexity index is 272. The first-order valence-electron chi connectivity index (χ1n) is 4.38. The van der Waals surface area contributed by atoms with Crippen molar-refractivity contribution < 1.29 is 4.74 Å². The molecule has 0 aromatic carbocycles. The highest BCUT2D eigenvalue weighted by molar-refractivity contribution is 5.24. The molecule has 0 spiro atoms. The van der Waals surface area contributed by atoms with E-state index in [2.05, 4.69) is 11.1 Å². The maximum absolute atomic E-state index is 5.38. The van der Waals surface area contributed by atoms with Gasteiger partial charge >= 0.3 is 0 Å². The number of pyridine rings is 1. The molecule has 2 rings (SSSR count). The lowest BCUT2D eigenvalue weighted by Crippen LogP contribution is -2.12. The zero-order chi connectivity index (χ0) is 8.39. The predicted molar refractivity (Wildman–Crippen MR) is 46.9 cm³/mol. The van der Waals surface area contributed by atoms with Crippen LogP contribution in [-0.4, -0.2) is 12.1 Å². The van der Waals surface area contributed by atoms with Crippen LogP contribution in [0.25, 0.3) is 0 Å². The molecule has 0 radical (unpaired) electrons. The third-order valence-electron chi connectivity index (χ3n) is 2.44. The number of nitrogens with zero attached hydrogens (tertiary/aromatic N) is 1. The number of aryl methyl sites for hydroxylation is 1. The highest BCUT2D eigenvalue weighted by atomic mass is 16.5. The number of hydrogen-bond acceptors (Lipinski definition) is 2. The smallest absolute Gasteiger partial charge is 0.0838 e. The second-order valence-corrected chi connectivity index (χ2v) is 3.16. The number of methoxy groups -OCH3 is 1. The summed E-state index contributed by atoms with van der Waals surface area (Å²) in [6, 6.07) is 4.10. The Hall–Kier alpha value is -0.890. The molecule has 1 aliphatic rings. The third kappa shape index (κ3) is 1.23. The van der Waals surface area contributed by atoms with E-state index in [4.69, 9.17) is 4.74 Å². The lowest BCUT2D eigenvalue weighted by molar-refractivity contribution is 0.0874. The van der Waals surface area contributed by atoms with Crippen LogP contribution >= 0.6 is 0 Å². The lowest BCUT2D eigenvalue weighted by Gasteiger charge is -2.22. The first-order chi connectivity index (χ1) is 5.92. The second kappa shape index (κ2) is 3.23. The Balaban J connectivity index is 2.37. The summed E-state index contributed by atoms with van der Waals surface area (Å²) in [4.78, 5) is 4.34. The maximum atomic E-state index is 5.38. The van der Waals surface area contributed by atoms with E-state index in [0.29, 0.717) is 0 Å². The number of rotatable bonds is 1. The van der Waals surface area contributed by atoms with Crippen molar-refractivity contribution in [1.29, 1.82) is 0 Å². The van der Waals surface area contributed by atoms with Gasteiger partial charge in [0.25, 0.3) is 0 Å². The Labute approximate surface area is 72.6 Å². The van der Waals surface area contributed by atoms with Crippen LogP contribution in [0.4, 0.5) is 0 Å². The van der Waals surface area contributed by atoms with Gasteiger partial charge in [0.05, 0.1) is 6.10 Å². The molecule has 2 nitrogen and oxygen atoms in total. The minimum absolute atomic E-state index is 0.280. The van der Waals surface area contributed by atoms with E-state index in [1.165, 1.54) is 17.7 Å². The molecule has 0 amide bonds. The van der Waals surface area contributed by atoms with Crippen LogP contribution in [0, 0.1) is 0 Å². The second-order valence-electron chi connectivity index (χ2n) is 3.16. The molecule has 0 N–H and O–H groups in total. The molecule has 1 aliphatic carbocycles. The summed E-state index contributed by atoms with van der Waals surface area (Å²) in [5.41, 5.74) is 2.50. The quantitative estimate of drug-likeness (QED) is 0.632. The highest BCUT2D eigenvalue weighted by Crippen LogP contribution is 2.30. The molecule has 1 aromatic heterocycles. The van der Waals surface area contributed by atoms with Gasteiger partial charge in [-0.25, -0.2) is 0 Å². The molecule has 1 aromatic rings. The average Bonchev–Trinajstić information content (AvgIpc) is 2.17. The summed E-state index contributed by atoms with van der Waals surface area (Å²) >= 11 is 0. The van der Waals surface area contributed by atoms with Crippen LogP contribution in [0.1, 0.15) is 30.2 Å². The van der Waals surface area contributed by atoms with E-state index in [1.54, 1.807) is 7.11 Å². The molecule has 0 fully saturated rings. The standard InChI is InChI=1S/C10H13NO/c1-12-10-6-2-5-9-8(10)4-3-7-11-9/h3-4,7,10H,2,5-6H2,1H3. The minimum atomic E-state index is 0.280. The van der Waals surface area contributed by atoms with E-state index >= 15 is 0 Å². The first-order valence-corrected chi connectivity index (χ1v) is 4.38. The molecule has 0 saturated heterocycles. The molecule has 0 saturated carbocycles. The van der Waals surface area contributed by atoms with E-state index in [-0.39, 0.29) is 6.10 Å². The molecule has 1 unspecified atom stereocenters. The zero-order valence-electron chi connectivity index (χ0n) is 7.29. The first kappa shape index (κ1) is 7.74. The average molecular weight is 163 g/mol. The Kier molecular flexibility index (Phi) is 2.09. The fourth-order valence-electron chi connectivity index (χ4n) is 1.81. The summed E-state index contributed by atoms with van der Waals surface area (Å²) in [7, 11) is 1.77. The van der Waals surface area contributed by atoms with Crippen molar-refractivity contribution in [1.82, 2.24) is 4.98 Å². The highest BCUT2D eigenvalue weighted by Gasteiger charge is 2.19. The van der Waals surface area contributed by atoms with E-state index in [1.807, 2.05) is 12.3 Å². The van der Waals surface area contributed by atoms with Crippen LogP contribution in [0.15, 0.2) is 18.3 Å². The van der Waals surface area contributed by atoms with Gasteiger partial charge in [-0.3, -0.25) is 4.98 Å². The van der Waals surface area contributed by atoms with Gasteiger partial charge in [0, 0.05) is 24.6 Å². The van der Waals surface area contributed by atoms with Gasteiger partial charge in [-0.2, -0.15) is 0 Å². The maximum Gasteiger partial charge on any atom is 0.0838 e. The van der Waals surface area contributed by atoms with Crippen LogP contribution in [0.3, 0.4) is 0 Å².